The van der Waals surface area contributed by atoms with Gasteiger partial charge in [0.2, 0.25) is 10.0 Å². The first-order chi connectivity index (χ1) is 9.79. The van der Waals surface area contributed by atoms with Gasteiger partial charge in [-0.2, -0.15) is 4.31 Å². The van der Waals surface area contributed by atoms with Crippen molar-refractivity contribution in [2.45, 2.75) is 24.7 Å². The van der Waals surface area contributed by atoms with E-state index in [1.807, 2.05) is 6.92 Å². The van der Waals surface area contributed by atoms with Gasteiger partial charge in [0, 0.05) is 18.5 Å². The van der Waals surface area contributed by atoms with Crippen LogP contribution in [0.15, 0.2) is 29.2 Å². The Morgan fingerprint density at radius 1 is 1.29 bits per heavy atom. The zero-order chi connectivity index (χ0) is 15.7. The topological polar surface area (TPSA) is 72.6 Å². The number of hydrogen-bond acceptors (Lipinski definition) is 4. The van der Waals surface area contributed by atoms with Crippen molar-refractivity contribution in [3.63, 3.8) is 0 Å². The molecular formula is C14H20N2O3S2. The largest absolute Gasteiger partial charge is 0.497 e. The molecule has 0 aromatic heterocycles. The summed E-state index contributed by atoms with van der Waals surface area (Å²) in [5.74, 6) is 0.633. The van der Waals surface area contributed by atoms with Crippen molar-refractivity contribution < 1.29 is 13.2 Å². The summed E-state index contributed by atoms with van der Waals surface area (Å²) in [6, 6.07) is 6.43. The van der Waals surface area contributed by atoms with E-state index in [9.17, 15) is 8.42 Å². The number of nitrogens with zero attached hydrogens (tertiary/aromatic N) is 1. The molecule has 1 aromatic rings. The van der Waals surface area contributed by atoms with Gasteiger partial charge in [0.15, 0.2) is 0 Å². The van der Waals surface area contributed by atoms with Crippen LogP contribution in [0.1, 0.15) is 19.8 Å². The fourth-order valence-corrected chi connectivity index (χ4v) is 4.01. The number of rotatable bonds is 4. The van der Waals surface area contributed by atoms with Crippen LogP contribution in [-0.2, 0) is 10.0 Å². The molecule has 1 aliphatic heterocycles. The van der Waals surface area contributed by atoms with E-state index in [0.717, 1.165) is 0 Å². The van der Waals surface area contributed by atoms with E-state index in [2.05, 4.69) is 0 Å². The monoisotopic (exact) mass is 328 g/mol. The van der Waals surface area contributed by atoms with Crippen molar-refractivity contribution in [1.82, 2.24) is 4.31 Å². The highest BCUT2D eigenvalue weighted by Gasteiger charge is 2.37. The lowest BCUT2D eigenvalue weighted by Crippen LogP contribution is -2.46. The van der Waals surface area contributed by atoms with Gasteiger partial charge in [-0.25, -0.2) is 8.42 Å². The molecule has 0 saturated carbocycles. The number of sulfonamides is 1. The lowest BCUT2D eigenvalue weighted by molar-refractivity contribution is 0.244. The van der Waals surface area contributed by atoms with Gasteiger partial charge in [0.05, 0.1) is 17.0 Å². The minimum absolute atomic E-state index is 0.249. The Morgan fingerprint density at radius 2 is 1.81 bits per heavy atom. The van der Waals surface area contributed by atoms with Crippen molar-refractivity contribution in [3.8, 4) is 5.75 Å². The first-order valence-electron chi connectivity index (χ1n) is 6.74. The zero-order valence-electron chi connectivity index (χ0n) is 12.2. The Hall–Kier alpha value is -1.18. The van der Waals surface area contributed by atoms with Crippen molar-refractivity contribution in [2.24, 2.45) is 11.1 Å². The summed E-state index contributed by atoms with van der Waals surface area (Å²) >= 11 is 5.08. The van der Waals surface area contributed by atoms with Crippen LogP contribution in [-0.4, -0.2) is 37.9 Å². The Labute approximate surface area is 131 Å². The van der Waals surface area contributed by atoms with Gasteiger partial charge in [0.25, 0.3) is 0 Å². The summed E-state index contributed by atoms with van der Waals surface area (Å²) < 4.78 is 31.7. The first kappa shape index (κ1) is 16.2. The highest BCUT2D eigenvalue weighted by atomic mass is 32.2. The lowest BCUT2D eigenvalue weighted by Gasteiger charge is -2.37. The highest BCUT2D eigenvalue weighted by molar-refractivity contribution is 7.89. The number of thiocarbonyl (C=S) groups is 1. The molecule has 0 radical (unpaired) electrons. The molecule has 0 bridgehead atoms. The number of methoxy groups -OCH3 is 1. The number of nitrogens with two attached hydrogens (primary N) is 1. The standard InChI is InChI=1S/C14H20N2O3S2/c1-14(13(15)20)7-9-16(10-8-14)21(17,18)12-5-3-11(19-2)4-6-12/h3-6H,7-10H2,1-2H3,(H2,15,20). The van der Waals surface area contributed by atoms with Gasteiger partial charge in [-0.15, -0.1) is 0 Å². The maximum Gasteiger partial charge on any atom is 0.243 e. The van der Waals surface area contributed by atoms with E-state index >= 15 is 0 Å². The Kier molecular flexibility index (Phi) is 4.55. The third-order valence-electron chi connectivity index (χ3n) is 4.12. The summed E-state index contributed by atoms with van der Waals surface area (Å²) in [5.41, 5.74) is 5.50. The molecule has 1 heterocycles. The molecule has 0 unspecified atom stereocenters. The van der Waals surface area contributed by atoms with Crippen LogP contribution in [0.3, 0.4) is 0 Å². The van der Waals surface area contributed by atoms with Gasteiger partial charge in [-0.05, 0) is 37.1 Å². The second-order valence-electron chi connectivity index (χ2n) is 5.50. The van der Waals surface area contributed by atoms with E-state index in [4.69, 9.17) is 22.7 Å². The van der Waals surface area contributed by atoms with E-state index in [1.54, 1.807) is 31.4 Å². The van der Waals surface area contributed by atoms with Crippen molar-refractivity contribution in [1.29, 1.82) is 0 Å². The second kappa shape index (κ2) is 5.90. The minimum Gasteiger partial charge on any atom is -0.497 e. The van der Waals surface area contributed by atoms with Crippen LogP contribution >= 0.6 is 12.2 Å². The Bertz CT molecular complexity index is 618. The second-order valence-corrected chi connectivity index (χ2v) is 7.88. The quantitative estimate of drug-likeness (QED) is 0.853. The van der Waals surface area contributed by atoms with Crippen LogP contribution in [0.25, 0.3) is 0 Å². The van der Waals surface area contributed by atoms with Crippen molar-refractivity contribution >= 4 is 27.2 Å². The molecule has 0 spiro atoms. The van der Waals surface area contributed by atoms with E-state index in [-0.39, 0.29) is 10.3 Å². The molecule has 5 nitrogen and oxygen atoms in total. The van der Waals surface area contributed by atoms with E-state index in [0.29, 0.717) is 36.7 Å². The smallest absolute Gasteiger partial charge is 0.243 e. The summed E-state index contributed by atoms with van der Waals surface area (Å²) in [4.78, 5) is 0.742. The van der Waals surface area contributed by atoms with Gasteiger partial charge in [0.1, 0.15) is 5.75 Å². The van der Waals surface area contributed by atoms with Crippen molar-refractivity contribution in [3.05, 3.63) is 24.3 Å². The number of benzene rings is 1. The Morgan fingerprint density at radius 3 is 2.24 bits per heavy atom. The third kappa shape index (κ3) is 3.20. The molecule has 0 atom stereocenters. The molecule has 1 fully saturated rings. The number of piperidine rings is 1. The molecule has 0 aliphatic carbocycles. The average Bonchev–Trinajstić information content (AvgIpc) is 2.47. The molecule has 21 heavy (non-hydrogen) atoms. The molecule has 2 rings (SSSR count). The van der Waals surface area contributed by atoms with E-state index < -0.39 is 10.0 Å². The molecule has 1 saturated heterocycles. The highest BCUT2D eigenvalue weighted by Crippen LogP contribution is 2.33. The fraction of sp³-hybridized carbons (Fsp3) is 0.500. The average molecular weight is 328 g/mol. The summed E-state index contributed by atoms with van der Waals surface area (Å²) in [7, 11) is -1.92. The summed E-state index contributed by atoms with van der Waals surface area (Å²) in [5, 5.41) is 0. The fourth-order valence-electron chi connectivity index (χ4n) is 2.36. The summed E-state index contributed by atoms with van der Waals surface area (Å²) in [6.45, 7) is 2.86. The number of hydrogen-bond donors (Lipinski definition) is 1. The first-order valence-corrected chi connectivity index (χ1v) is 8.58. The molecule has 116 valence electrons. The molecule has 1 aromatic carbocycles. The van der Waals surface area contributed by atoms with Crippen LogP contribution in [0, 0.1) is 5.41 Å². The third-order valence-corrected chi connectivity index (χ3v) is 6.52. The lowest BCUT2D eigenvalue weighted by atomic mass is 9.81. The molecular weight excluding hydrogens is 308 g/mol. The molecule has 2 N–H and O–H groups in total. The van der Waals surface area contributed by atoms with Gasteiger partial charge in [-0.1, -0.05) is 19.1 Å². The predicted molar refractivity (Wildman–Crippen MR) is 85.9 cm³/mol. The maximum atomic E-state index is 12.6. The zero-order valence-corrected chi connectivity index (χ0v) is 13.8. The molecule has 1 aliphatic rings. The van der Waals surface area contributed by atoms with Gasteiger partial charge in [-0.3, -0.25) is 0 Å². The van der Waals surface area contributed by atoms with Crippen LogP contribution < -0.4 is 10.5 Å². The minimum atomic E-state index is -3.47. The molecule has 7 heteroatoms. The maximum absolute atomic E-state index is 12.6. The van der Waals surface area contributed by atoms with Crippen LogP contribution in [0.5, 0.6) is 5.75 Å². The van der Waals surface area contributed by atoms with Crippen LogP contribution in [0.2, 0.25) is 0 Å². The number of ether oxygens (including phenoxy) is 1. The van der Waals surface area contributed by atoms with Gasteiger partial charge < -0.3 is 10.5 Å². The SMILES string of the molecule is COc1ccc(S(=O)(=O)N2CCC(C)(C(N)=S)CC2)cc1. The van der Waals surface area contributed by atoms with Gasteiger partial charge >= 0.3 is 0 Å². The summed E-state index contributed by atoms with van der Waals surface area (Å²) in [6.07, 6.45) is 1.30. The normalized spacial score (nSPS) is 19.1. The molecule has 0 amide bonds. The van der Waals surface area contributed by atoms with E-state index in [1.165, 1.54) is 4.31 Å². The van der Waals surface area contributed by atoms with Crippen molar-refractivity contribution in [2.75, 3.05) is 20.2 Å². The van der Waals surface area contributed by atoms with Crippen LogP contribution in [0.4, 0.5) is 0 Å². The predicted octanol–water partition coefficient (Wildman–Crippen LogP) is 1.77. The Balaban J connectivity index is 2.16.